The zero-order valence-electron chi connectivity index (χ0n) is 13.0. The summed E-state index contributed by atoms with van der Waals surface area (Å²) in [5.74, 6) is 0.281. The molecule has 0 aliphatic carbocycles. The first-order valence-electron chi connectivity index (χ1n) is 7.28. The van der Waals surface area contributed by atoms with Crippen LogP contribution in [0.3, 0.4) is 0 Å². The summed E-state index contributed by atoms with van der Waals surface area (Å²) in [6.07, 6.45) is 0.116. The van der Waals surface area contributed by atoms with Crippen molar-refractivity contribution in [2.75, 3.05) is 0 Å². The van der Waals surface area contributed by atoms with Gasteiger partial charge in [-0.2, -0.15) is 0 Å². The fraction of sp³-hybridized carbons (Fsp3) is 0.312. The third-order valence-corrected chi connectivity index (χ3v) is 3.65. The lowest BCUT2D eigenvalue weighted by atomic mass is 10.3. The lowest BCUT2D eigenvalue weighted by Gasteiger charge is -2.04. The molecule has 2 aromatic heterocycles. The molecule has 0 saturated heterocycles. The molecule has 7 nitrogen and oxygen atoms in total. The van der Waals surface area contributed by atoms with Crippen molar-refractivity contribution < 1.29 is 14.1 Å². The number of aryl methyl sites for hydroxylation is 3. The Bertz CT molecular complexity index is 904. The summed E-state index contributed by atoms with van der Waals surface area (Å²) < 4.78 is 13.2. The van der Waals surface area contributed by atoms with Crippen LogP contribution in [0.25, 0.3) is 11.0 Å². The van der Waals surface area contributed by atoms with E-state index in [1.54, 1.807) is 29.2 Å². The number of aromatic nitrogens is 3. The Morgan fingerprint density at radius 2 is 2.04 bits per heavy atom. The van der Waals surface area contributed by atoms with Gasteiger partial charge >= 0.3 is 11.7 Å². The monoisotopic (exact) mass is 315 g/mol. The maximum atomic E-state index is 12.2. The Morgan fingerprint density at radius 1 is 1.30 bits per heavy atom. The van der Waals surface area contributed by atoms with Gasteiger partial charge in [-0.25, -0.2) is 4.79 Å². The van der Waals surface area contributed by atoms with Crippen molar-refractivity contribution >= 4 is 17.0 Å². The molecule has 0 N–H and O–H groups in total. The summed E-state index contributed by atoms with van der Waals surface area (Å²) in [7, 11) is 1.71. The van der Waals surface area contributed by atoms with Gasteiger partial charge in [0.1, 0.15) is 18.1 Å². The topological polar surface area (TPSA) is 79.3 Å². The van der Waals surface area contributed by atoms with Crippen molar-refractivity contribution in [3.8, 4) is 0 Å². The number of nitrogens with zero attached hydrogens (tertiary/aromatic N) is 3. The molecule has 7 heteroatoms. The van der Waals surface area contributed by atoms with Crippen molar-refractivity contribution in [2.45, 2.75) is 26.5 Å². The van der Waals surface area contributed by atoms with Crippen molar-refractivity contribution in [1.82, 2.24) is 14.3 Å². The molecular weight excluding hydrogens is 298 g/mol. The van der Waals surface area contributed by atoms with E-state index in [1.807, 2.05) is 24.3 Å². The van der Waals surface area contributed by atoms with Crippen molar-refractivity contribution in [3.05, 3.63) is 52.3 Å². The lowest BCUT2D eigenvalue weighted by molar-refractivity contribution is -0.145. The van der Waals surface area contributed by atoms with E-state index in [0.29, 0.717) is 11.5 Å². The molecule has 1 aromatic carbocycles. The van der Waals surface area contributed by atoms with E-state index in [9.17, 15) is 9.59 Å². The average molecular weight is 315 g/mol. The van der Waals surface area contributed by atoms with Crippen molar-refractivity contribution in [1.29, 1.82) is 0 Å². The third-order valence-electron chi connectivity index (χ3n) is 3.65. The number of benzene rings is 1. The van der Waals surface area contributed by atoms with Gasteiger partial charge in [-0.15, -0.1) is 0 Å². The Kier molecular flexibility index (Phi) is 4.01. The second kappa shape index (κ2) is 6.12. The van der Waals surface area contributed by atoms with Gasteiger partial charge in [-0.3, -0.25) is 13.9 Å². The molecule has 0 unspecified atom stereocenters. The van der Waals surface area contributed by atoms with Crippen molar-refractivity contribution in [2.24, 2.45) is 7.05 Å². The van der Waals surface area contributed by atoms with Gasteiger partial charge < -0.3 is 9.26 Å². The number of para-hydroxylation sites is 2. The lowest BCUT2D eigenvalue weighted by Crippen LogP contribution is -2.23. The zero-order valence-corrected chi connectivity index (χ0v) is 13.0. The van der Waals surface area contributed by atoms with Gasteiger partial charge in [0.2, 0.25) is 0 Å². The van der Waals surface area contributed by atoms with Crippen LogP contribution in [-0.2, 0) is 29.7 Å². The van der Waals surface area contributed by atoms with Gasteiger partial charge in [-0.05, 0) is 19.1 Å². The van der Waals surface area contributed by atoms with Crippen LogP contribution in [0.4, 0.5) is 0 Å². The average Bonchev–Trinajstić information content (AvgIpc) is 3.07. The van der Waals surface area contributed by atoms with Gasteiger partial charge in [0, 0.05) is 19.7 Å². The Balaban J connectivity index is 1.65. The summed E-state index contributed by atoms with van der Waals surface area (Å²) in [4.78, 5) is 24.1. The molecule has 3 rings (SSSR count). The Labute approximate surface area is 132 Å². The fourth-order valence-electron chi connectivity index (χ4n) is 2.49. The first kappa shape index (κ1) is 15.1. The summed E-state index contributed by atoms with van der Waals surface area (Å²) in [5, 5.41) is 3.75. The molecule has 0 fully saturated rings. The minimum atomic E-state index is -0.384. The molecule has 0 spiro atoms. The second-order valence-corrected chi connectivity index (χ2v) is 5.32. The molecule has 0 radical (unpaired) electrons. The normalized spacial score (nSPS) is 11.0. The summed E-state index contributed by atoms with van der Waals surface area (Å²) in [6.45, 7) is 2.11. The second-order valence-electron chi connectivity index (χ2n) is 5.32. The number of fused-ring (bicyclic) bond motifs is 1. The van der Waals surface area contributed by atoms with Crippen LogP contribution in [0.5, 0.6) is 0 Å². The van der Waals surface area contributed by atoms with Crippen molar-refractivity contribution in [3.63, 3.8) is 0 Å². The first-order chi connectivity index (χ1) is 11.1. The van der Waals surface area contributed by atoms with E-state index >= 15 is 0 Å². The number of rotatable bonds is 5. The SMILES string of the molecule is Cc1cc(COC(=O)CCn2c(=O)n(C)c3ccccc32)no1. The maximum absolute atomic E-state index is 12.2. The predicted octanol–water partition coefficient (Wildman–Crippen LogP) is 1.77. The van der Waals surface area contributed by atoms with Crippen LogP contribution < -0.4 is 5.69 Å². The van der Waals surface area contributed by atoms with Crippen LogP contribution in [0.15, 0.2) is 39.6 Å². The van der Waals surface area contributed by atoms with Gasteiger partial charge in [0.25, 0.3) is 0 Å². The zero-order chi connectivity index (χ0) is 16.4. The first-order valence-corrected chi connectivity index (χ1v) is 7.28. The smallest absolute Gasteiger partial charge is 0.328 e. The predicted molar refractivity (Wildman–Crippen MR) is 82.8 cm³/mol. The van der Waals surface area contributed by atoms with Gasteiger partial charge in [0.05, 0.1) is 17.5 Å². The summed E-state index contributed by atoms with van der Waals surface area (Å²) >= 11 is 0. The van der Waals surface area contributed by atoms with E-state index in [-0.39, 0.29) is 31.2 Å². The largest absolute Gasteiger partial charge is 0.459 e. The van der Waals surface area contributed by atoms with Crippen LogP contribution in [0, 0.1) is 6.92 Å². The van der Waals surface area contributed by atoms with Crippen LogP contribution in [0.1, 0.15) is 17.9 Å². The molecule has 0 aliphatic heterocycles. The van der Waals surface area contributed by atoms with E-state index in [4.69, 9.17) is 9.26 Å². The van der Waals surface area contributed by atoms with Gasteiger partial charge in [-0.1, -0.05) is 17.3 Å². The highest BCUT2D eigenvalue weighted by molar-refractivity contribution is 5.76. The molecule has 120 valence electrons. The molecule has 3 aromatic rings. The van der Waals surface area contributed by atoms with Crippen LogP contribution in [0.2, 0.25) is 0 Å². The number of ether oxygens (including phenoxy) is 1. The third kappa shape index (κ3) is 3.03. The molecule has 0 aliphatic rings. The van der Waals surface area contributed by atoms with E-state index in [1.165, 1.54) is 0 Å². The van der Waals surface area contributed by atoms with E-state index in [2.05, 4.69) is 5.16 Å². The standard InChI is InChI=1S/C16H17N3O4/c1-11-9-12(17-23-11)10-22-15(20)7-8-19-14-6-4-3-5-13(14)18(2)16(19)21/h3-6,9H,7-8,10H2,1-2H3. The maximum Gasteiger partial charge on any atom is 0.328 e. The number of carbonyl (C=O) groups is 1. The minimum Gasteiger partial charge on any atom is -0.459 e. The number of carbonyl (C=O) groups excluding carboxylic acids is 1. The van der Waals surface area contributed by atoms with E-state index < -0.39 is 0 Å². The highest BCUT2D eigenvalue weighted by atomic mass is 16.5. The number of esters is 1. The highest BCUT2D eigenvalue weighted by Crippen LogP contribution is 2.12. The summed E-state index contributed by atoms with van der Waals surface area (Å²) in [5.41, 5.74) is 2.06. The fourth-order valence-corrected chi connectivity index (χ4v) is 2.49. The van der Waals surface area contributed by atoms with Crippen LogP contribution >= 0.6 is 0 Å². The molecule has 23 heavy (non-hydrogen) atoms. The molecule has 2 heterocycles. The summed E-state index contributed by atoms with van der Waals surface area (Å²) in [6, 6.07) is 9.19. The van der Waals surface area contributed by atoms with Crippen LogP contribution in [-0.4, -0.2) is 20.3 Å². The Hall–Kier alpha value is -2.83. The number of hydrogen-bond donors (Lipinski definition) is 0. The van der Waals surface area contributed by atoms with Gasteiger partial charge in [0.15, 0.2) is 0 Å². The molecule has 0 amide bonds. The Morgan fingerprint density at radius 3 is 2.74 bits per heavy atom. The van der Waals surface area contributed by atoms with E-state index in [0.717, 1.165) is 11.0 Å². The molecule has 0 bridgehead atoms. The quantitative estimate of drug-likeness (QED) is 0.670. The molecule has 0 atom stereocenters. The highest BCUT2D eigenvalue weighted by Gasteiger charge is 2.12. The number of imidazole rings is 1. The molecular formula is C16H17N3O4. The number of hydrogen-bond acceptors (Lipinski definition) is 5. The molecule has 0 saturated carbocycles. The minimum absolute atomic E-state index is 0.0700.